The molecule has 3 aromatic rings. The quantitative estimate of drug-likeness (QED) is 0.454. The van der Waals surface area contributed by atoms with Crippen molar-refractivity contribution in [1.29, 1.82) is 0 Å². The number of sulfone groups is 1. The van der Waals surface area contributed by atoms with Gasteiger partial charge in [-0.15, -0.1) is 0 Å². The minimum atomic E-state index is -3.38. The van der Waals surface area contributed by atoms with Crippen molar-refractivity contribution in [3.8, 4) is 11.4 Å². The maximum Gasteiger partial charge on any atom is 0.270 e. The van der Waals surface area contributed by atoms with Crippen molar-refractivity contribution >= 4 is 38.9 Å². The lowest BCUT2D eigenvalue weighted by molar-refractivity contribution is -0.384. The second kappa shape index (κ2) is 7.67. The molecule has 0 bridgehead atoms. The van der Waals surface area contributed by atoms with Gasteiger partial charge in [0.2, 0.25) is 0 Å². The van der Waals surface area contributed by atoms with Crippen molar-refractivity contribution < 1.29 is 22.9 Å². The second-order valence-corrected chi connectivity index (χ2v) is 9.26. The second-order valence-electron chi connectivity index (χ2n) is 6.79. The highest BCUT2D eigenvalue weighted by molar-refractivity contribution is 7.90. The number of nitrogens with one attached hydrogen (secondary N) is 1. The van der Waals surface area contributed by atoms with Gasteiger partial charge in [-0.3, -0.25) is 14.9 Å². The van der Waals surface area contributed by atoms with Gasteiger partial charge in [-0.25, -0.2) is 13.1 Å². The molecule has 1 aliphatic rings. The number of hydrogen-bond acceptors (Lipinski definition) is 7. The first-order valence-corrected chi connectivity index (χ1v) is 11.1. The van der Waals surface area contributed by atoms with Crippen molar-refractivity contribution in [2.45, 2.75) is 11.5 Å². The summed E-state index contributed by atoms with van der Waals surface area (Å²) >= 11 is 6.07. The van der Waals surface area contributed by atoms with E-state index >= 15 is 0 Å². The summed E-state index contributed by atoms with van der Waals surface area (Å²) in [6.07, 6.45) is 0. The van der Waals surface area contributed by atoms with Gasteiger partial charge in [0.1, 0.15) is 11.6 Å². The fraction of sp³-hybridized carbons (Fsp3) is 0.158. The Balaban J connectivity index is 1.78. The maximum atomic E-state index is 12.9. The average molecular weight is 463 g/mol. The first kappa shape index (κ1) is 20.8. The van der Waals surface area contributed by atoms with E-state index in [4.69, 9.17) is 16.3 Å². The summed E-state index contributed by atoms with van der Waals surface area (Å²) in [7, 11) is -1.86. The zero-order chi connectivity index (χ0) is 22.3. The summed E-state index contributed by atoms with van der Waals surface area (Å²) in [6, 6.07) is 10.3. The summed E-state index contributed by atoms with van der Waals surface area (Å²) in [5, 5.41) is 18.1. The van der Waals surface area contributed by atoms with E-state index in [1.54, 1.807) is 24.3 Å². The van der Waals surface area contributed by atoms with Crippen LogP contribution in [-0.2, 0) is 21.3 Å². The number of ether oxygens (including phenoxy) is 1. The van der Waals surface area contributed by atoms with Gasteiger partial charge < -0.3 is 10.1 Å². The van der Waals surface area contributed by atoms with Gasteiger partial charge in [0, 0.05) is 17.7 Å². The molecule has 0 radical (unpaired) electrons. The third-order valence-corrected chi connectivity index (χ3v) is 6.51. The number of aromatic nitrogens is 2. The van der Waals surface area contributed by atoms with Crippen LogP contribution in [0.25, 0.3) is 5.69 Å². The van der Waals surface area contributed by atoms with Gasteiger partial charge in [0.05, 0.1) is 45.5 Å². The molecule has 12 heteroatoms. The molecule has 31 heavy (non-hydrogen) atoms. The molecule has 0 saturated heterocycles. The van der Waals surface area contributed by atoms with Crippen LogP contribution in [0.1, 0.15) is 21.6 Å². The lowest BCUT2D eigenvalue weighted by atomic mass is 10.2. The predicted octanol–water partition coefficient (Wildman–Crippen LogP) is 3.12. The number of carbonyl (C=O) groups is 1. The third-order valence-electron chi connectivity index (χ3n) is 4.74. The molecule has 0 atom stereocenters. The van der Waals surface area contributed by atoms with Crippen LogP contribution >= 0.6 is 11.6 Å². The van der Waals surface area contributed by atoms with Gasteiger partial charge in [-0.1, -0.05) is 11.6 Å². The summed E-state index contributed by atoms with van der Waals surface area (Å²) in [5.41, 5.74) is 0.842. The summed E-state index contributed by atoms with van der Waals surface area (Å²) < 4.78 is 30.7. The number of fused-ring (bicyclic) bond motifs is 1. The molecule has 2 aromatic carbocycles. The SMILES string of the molecule is COc1ccc(-n2nc3c(c2NC(=O)c2cc([N+](=O)[O-])ccc2Cl)CS(=O)(=O)C3)cc1. The van der Waals surface area contributed by atoms with Gasteiger partial charge in [-0.05, 0) is 30.3 Å². The molecule has 0 saturated carbocycles. The highest BCUT2D eigenvalue weighted by atomic mass is 35.5. The van der Waals surface area contributed by atoms with Gasteiger partial charge in [0.25, 0.3) is 11.6 Å². The summed E-state index contributed by atoms with van der Waals surface area (Å²) in [4.78, 5) is 23.3. The van der Waals surface area contributed by atoms with Crippen molar-refractivity contribution in [2.24, 2.45) is 0 Å². The van der Waals surface area contributed by atoms with E-state index in [-0.39, 0.29) is 33.6 Å². The molecule has 1 N–H and O–H groups in total. The Morgan fingerprint density at radius 1 is 1.23 bits per heavy atom. The lowest BCUT2D eigenvalue weighted by Crippen LogP contribution is -2.17. The number of amides is 1. The van der Waals surface area contributed by atoms with E-state index in [1.165, 1.54) is 23.9 Å². The number of nitrogens with zero attached hydrogens (tertiary/aromatic N) is 3. The molecule has 0 spiro atoms. The van der Waals surface area contributed by atoms with Crippen molar-refractivity contribution in [3.63, 3.8) is 0 Å². The zero-order valence-corrected chi connectivity index (χ0v) is 17.6. The highest BCUT2D eigenvalue weighted by Gasteiger charge is 2.33. The number of hydrogen-bond donors (Lipinski definition) is 1. The molecule has 160 valence electrons. The summed E-state index contributed by atoms with van der Waals surface area (Å²) in [6.45, 7) is 0. The Kier molecular flexibility index (Phi) is 5.15. The molecule has 2 heterocycles. The number of anilines is 1. The Hall–Kier alpha value is -3.44. The number of nitro benzene ring substituents is 1. The largest absolute Gasteiger partial charge is 0.497 e. The van der Waals surface area contributed by atoms with E-state index in [0.717, 1.165) is 6.07 Å². The van der Waals surface area contributed by atoms with E-state index in [0.29, 0.717) is 22.7 Å². The lowest BCUT2D eigenvalue weighted by Gasteiger charge is -2.12. The number of nitro groups is 1. The zero-order valence-electron chi connectivity index (χ0n) is 16.0. The smallest absolute Gasteiger partial charge is 0.270 e. The molecule has 0 fully saturated rings. The van der Waals surface area contributed by atoms with Gasteiger partial charge >= 0.3 is 0 Å². The van der Waals surface area contributed by atoms with E-state index < -0.39 is 20.7 Å². The summed E-state index contributed by atoms with van der Waals surface area (Å²) in [5.74, 6) is -0.479. The van der Waals surface area contributed by atoms with Crippen LogP contribution in [0.4, 0.5) is 11.5 Å². The van der Waals surface area contributed by atoms with Crippen molar-refractivity contribution in [2.75, 3.05) is 12.4 Å². The Morgan fingerprint density at radius 3 is 2.58 bits per heavy atom. The molecule has 1 aromatic heterocycles. The number of halogens is 1. The van der Waals surface area contributed by atoms with Crippen LogP contribution < -0.4 is 10.1 Å². The van der Waals surface area contributed by atoms with E-state index in [9.17, 15) is 23.3 Å². The highest BCUT2D eigenvalue weighted by Crippen LogP contribution is 2.34. The number of benzene rings is 2. The van der Waals surface area contributed by atoms with Crippen LogP contribution in [0, 0.1) is 10.1 Å². The van der Waals surface area contributed by atoms with E-state index in [1.807, 2.05) is 0 Å². The predicted molar refractivity (Wildman–Crippen MR) is 113 cm³/mol. The normalized spacial score (nSPS) is 14.1. The number of methoxy groups -OCH3 is 1. The third kappa shape index (κ3) is 3.97. The number of rotatable bonds is 5. The Labute approximate surface area is 181 Å². The monoisotopic (exact) mass is 462 g/mol. The average Bonchev–Trinajstić information content (AvgIpc) is 3.20. The molecule has 10 nitrogen and oxygen atoms in total. The molecule has 4 rings (SSSR count). The van der Waals surface area contributed by atoms with Gasteiger partial charge in [-0.2, -0.15) is 5.10 Å². The van der Waals surface area contributed by atoms with E-state index in [2.05, 4.69) is 10.4 Å². The van der Waals surface area contributed by atoms with Crippen LogP contribution in [0.5, 0.6) is 5.75 Å². The number of carbonyl (C=O) groups excluding carboxylic acids is 1. The Bertz CT molecular complexity index is 1320. The molecule has 0 unspecified atom stereocenters. The fourth-order valence-corrected chi connectivity index (χ4v) is 4.95. The fourth-order valence-electron chi connectivity index (χ4n) is 3.26. The van der Waals surface area contributed by atoms with Crippen LogP contribution in [0.3, 0.4) is 0 Å². The van der Waals surface area contributed by atoms with Crippen LogP contribution in [0.15, 0.2) is 42.5 Å². The topological polar surface area (TPSA) is 133 Å². The van der Waals surface area contributed by atoms with Crippen molar-refractivity contribution in [1.82, 2.24) is 9.78 Å². The number of non-ortho nitro benzene ring substituents is 1. The van der Waals surface area contributed by atoms with Crippen LogP contribution in [0.2, 0.25) is 5.02 Å². The minimum Gasteiger partial charge on any atom is -0.497 e. The van der Waals surface area contributed by atoms with Crippen LogP contribution in [-0.4, -0.2) is 36.1 Å². The molecule has 1 amide bonds. The van der Waals surface area contributed by atoms with Crippen molar-refractivity contribution in [3.05, 3.63) is 74.4 Å². The maximum absolute atomic E-state index is 12.9. The van der Waals surface area contributed by atoms with Gasteiger partial charge in [0.15, 0.2) is 9.84 Å². The standard InChI is InChI=1S/C19H15ClN4O6S/c1-30-13-5-2-11(3-6-13)23-18(15-9-31(28,29)10-17(15)22-23)21-19(25)14-8-12(24(26)27)4-7-16(14)20/h2-8H,9-10H2,1H3,(H,21,25). The molecular weight excluding hydrogens is 448 g/mol. The molecule has 0 aliphatic carbocycles. The Morgan fingerprint density at radius 2 is 1.94 bits per heavy atom. The molecular formula is C19H15ClN4O6S. The first-order chi connectivity index (χ1) is 14.7. The first-order valence-electron chi connectivity index (χ1n) is 8.89. The molecule has 1 aliphatic heterocycles. The minimum absolute atomic E-state index is 0.0166.